The van der Waals surface area contributed by atoms with Gasteiger partial charge in [0.2, 0.25) is 5.95 Å². The Morgan fingerprint density at radius 1 is 1.13 bits per heavy atom. The van der Waals surface area contributed by atoms with Crippen molar-refractivity contribution in [1.29, 1.82) is 0 Å². The van der Waals surface area contributed by atoms with Crippen LogP contribution in [0, 0.1) is 11.8 Å². The van der Waals surface area contributed by atoms with Crippen LogP contribution >= 0.6 is 7.67 Å². The number of anilines is 1. The third-order valence-electron chi connectivity index (χ3n) is 8.21. The summed E-state index contributed by atoms with van der Waals surface area (Å²) >= 11 is 0. The first-order valence-electron chi connectivity index (χ1n) is 15.4. The van der Waals surface area contributed by atoms with Crippen LogP contribution in [0.4, 0.5) is 5.95 Å². The van der Waals surface area contributed by atoms with Gasteiger partial charge in [0.15, 0.2) is 11.2 Å². The minimum absolute atomic E-state index is 0.00561. The summed E-state index contributed by atoms with van der Waals surface area (Å²) in [6.07, 6.45) is -0.955. The lowest BCUT2D eigenvalue weighted by molar-refractivity contribution is -0.146. The van der Waals surface area contributed by atoms with Gasteiger partial charge in [-0.3, -0.25) is 23.9 Å². The van der Waals surface area contributed by atoms with Crippen LogP contribution in [0.5, 0.6) is 0 Å². The molecule has 1 aliphatic carbocycles. The van der Waals surface area contributed by atoms with Gasteiger partial charge in [-0.2, -0.15) is 4.98 Å². The van der Waals surface area contributed by atoms with E-state index in [2.05, 4.69) is 25.1 Å². The molecule has 2 aromatic heterocycles. The average Bonchev–Trinajstić information content (AvgIpc) is 3.17. The second-order valence-electron chi connectivity index (χ2n) is 12.7. The standard InChI is InChI=1S/C28H46N7O10P/c1-8-42-23(38)16(10-14(3)4)33-46(41,34-17(11-15(5)6)24(39)43-9-2)44-12-18-20(36)28(40)25(27(28,7)45-18)35-13-30-19-21(35)31-26(29)32-22(19)37/h13-18,20,25,36,40H,8-12H2,1-7H3,(H2,33,34,41)(H3,29,31,32,37). The minimum Gasteiger partial charge on any atom is -0.465 e. The Kier molecular flexibility index (Phi) is 10.7. The van der Waals surface area contributed by atoms with Gasteiger partial charge in [-0.15, -0.1) is 0 Å². The predicted molar refractivity (Wildman–Crippen MR) is 165 cm³/mol. The van der Waals surface area contributed by atoms with E-state index in [1.807, 2.05) is 27.7 Å². The SMILES string of the molecule is CCOC(=O)C(CC(C)C)NP(=O)(NC(CC(C)C)C(=O)OCC)OCC1OC2(C)C(n3cnc4c(=O)[nH]c(N)nc43)C2(O)C1O. The number of carbonyl (C=O) groups excluding carboxylic acids is 2. The summed E-state index contributed by atoms with van der Waals surface area (Å²) < 4.78 is 38.3. The van der Waals surface area contributed by atoms with Crippen LogP contribution in [-0.2, 0) is 32.9 Å². The zero-order valence-corrected chi connectivity index (χ0v) is 28.1. The topological polar surface area (TPSA) is 242 Å². The van der Waals surface area contributed by atoms with Crippen LogP contribution < -0.4 is 21.5 Å². The number of esters is 2. The molecular weight excluding hydrogens is 625 g/mol. The number of ether oxygens (including phenoxy) is 3. The Bertz CT molecular complexity index is 1490. The molecule has 2 aromatic rings. The lowest BCUT2D eigenvalue weighted by Gasteiger charge is -2.31. The second kappa shape index (κ2) is 13.7. The summed E-state index contributed by atoms with van der Waals surface area (Å²) in [4.78, 5) is 48.6. The molecule has 2 fully saturated rings. The number of hydrogen-bond acceptors (Lipinski definition) is 13. The quantitative estimate of drug-likeness (QED) is 0.107. The number of aromatic amines is 1. The highest BCUT2D eigenvalue weighted by molar-refractivity contribution is 7.54. The summed E-state index contributed by atoms with van der Waals surface area (Å²) in [7, 11) is -4.29. The molecule has 1 saturated heterocycles. The number of aliphatic hydroxyl groups excluding tert-OH is 1. The van der Waals surface area contributed by atoms with Gasteiger partial charge >= 0.3 is 19.6 Å². The molecule has 0 amide bonds. The van der Waals surface area contributed by atoms with Gasteiger partial charge in [-0.05, 0) is 45.4 Å². The molecule has 46 heavy (non-hydrogen) atoms. The van der Waals surface area contributed by atoms with Crippen molar-refractivity contribution in [3.05, 3.63) is 16.7 Å². The Morgan fingerprint density at radius 3 is 2.13 bits per heavy atom. The molecule has 258 valence electrons. The number of fused-ring (bicyclic) bond motifs is 2. The fraction of sp³-hybridized carbons (Fsp3) is 0.750. The largest absolute Gasteiger partial charge is 0.465 e. The smallest absolute Gasteiger partial charge is 0.342 e. The van der Waals surface area contributed by atoms with Crippen molar-refractivity contribution in [2.45, 2.75) is 103 Å². The van der Waals surface area contributed by atoms with Crippen molar-refractivity contribution < 1.29 is 43.1 Å². The number of imidazole rings is 1. The molecule has 0 bridgehead atoms. The van der Waals surface area contributed by atoms with Crippen LogP contribution in [0.15, 0.2) is 11.1 Å². The van der Waals surface area contributed by atoms with E-state index in [4.69, 9.17) is 24.5 Å². The zero-order chi connectivity index (χ0) is 34.2. The Hall–Kier alpha value is -2.92. The van der Waals surface area contributed by atoms with E-state index in [1.54, 1.807) is 20.8 Å². The van der Waals surface area contributed by atoms with Gasteiger partial charge in [0, 0.05) is 0 Å². The van der Waals surface area contributed by atoms with E-state index in [0.29, 0.717) is 0 Å². The highest BCUT2D eigenvalue weighted by atomic mass is 31.2. The van der Waals surface area contributed by atoms with Gasteiger partial charge < -0.3 is 39.2 Å². The molecule has 2 aliphatic rings. The van der Waals surface area contributed by atoms with Gasteiger partial charge in [0.1, 0.15) is 41.5 Å². The number of H-pyrrole nitrogens is 1. The van der Waals surface area contributed by atoms with Crippen molar-refractivity contribution in [3.8, 4) is 0 Å². The van der Waals surface area contributed by atoms with Crippen LogP contribution in [0.25, 0.3) is 11.2 Å². The lowest BCUT2D eigenvalue weighted by Crippen LogP contribution is -2.46. The first-order valence-corrected chi connectivity index (χ1v) is 17.1. The van der Waals surface area contributed by atoms with E-state index in [1.165, 1.54) is 10.9 Å². The van der Waals surface area contributed by atoms with Gasteiger partial charge in [-0.1, -0.05) is 27.7 Å². The number of nitrogens with two attached hydrogens (primary N) is 1. The number of aliphatic hydroxyl groups is 2. The third-order valence-corrected chi connectivity index (χ3v) is 10.0. The highest BCUT2D eigenvalue weighted by Crippen LogP contribution is 2.67. The number of nitrogen functional groups attached to an aromatic ring is 1. The van der Waals surface area contributed by atoms with E-state index in [9.17, 15) is 29.2 Å². The van der Waals surface area contributed by atoms with Gasteiger partial charge in [0.05, 0.1) is 26.1 Å². The maximum absolute atomic E-state index is 14.5. The Balaban J connectivity index is 1.58. The monoisotopic (exact) mass is 671 g/mol. The molecule has 0 spiro atoms. The van der Waals surface area contributed by atoms with Gasteiger partial charge in [-0.25, -0.2) is 15.2 Å². The molecule has 1 saturated carbocycles. The molecular formula is C28H46N7O10P. The summed E-state index contributed by atoms with van der Waals surface area (Å²) in [5.74, 6) is -1.47. The molecule has 17 nitrogen and oxygen atoms in total. The van der Waals surface area contributed by atoms with E-state index < -0.39 is 73.3 Å². The Labute approximate surface area is 266 Å². The summed E-state index contributed by atoms with van der Waals surface area (Å²) in [6, 6.07) is -3.02. The molecule has 7 atom stereocenters. The molecule has 18 heteroatoms. The number of nitrogens with one attached hydrogen (secondary N) is 3. The van der Waals surface area contributed by atoms with E-state index in [0.717, 1.165) is 0 Å². The maximum atomic E-state index is 14.5. The molecule has 1 aliphatic heterocycles. The van der Waals surface area contributed by atoms with Crippen molar-refractivity contribution >= 4 is 36.7 Å². The molecule has 0 aromatic carbocycles. The highest BCUT2D eigenvalue weighted by Gasteiger charge is 2.85. The molecule has 7 unspecified atom stereocenters. The van der Waals surface area contributed by atoms with E-state index >= 15 is 0 Å². The maximum Gasteiger partial charge on any atom is 0.342 e. The van der Waals surface area contributed by atoms with Crippen molar-refractivity contribution in [3.63, 3.8) is 0 Å². The Morgan fingerprint density at radius 2 is 1.67 bits per heavy atom. The summed E-state index contributed by atoms with van der Waals surface area (Å²) in [6.45, 7) is 12.1. The van der Waals surface area contributed by atoms with Crippen LogP contribution in [0.3, 0.4) is 0 Å². The zero-order valence-electron chi connectivity index (χ0n) is 27.2. The number of rotatable bonds is 16. The second-order valence-corrected chi connectivity index (χ2v) is 14.6. The van der Waals surface area contributed by atoms with Crippen molar-refractivity contribution in [2.75, 3.05) is 25.6 Å². The lowest BCUT2D eigenvalue weighted by atomic mass is 10.1. The predicted octanol–water partition coefficient (Wildman–Crippen LogP) is 0.766. The molecule has 3 heterocycles. The number of aromatic nitrogens is 4. The van der Waals surface area contributed by atoms with Crippen LogP contribution in [0.2, 0.25) is 0 Å². The summed E-state index contributed by atoms with van der Waals surface area (Å²) in [5.41, 5.74) is 2.00. The van der Waals surface area contributed by atoms with E-state index in [-0.39, 0.29) is 55.0 Å². The third kappa shape index (κ3) is 6.86. The normalized spacial score (nSPS) is 28.2. The minimum atomic E-state index is -4.29. The molecule has 0 radical (unpaired) electrons. The van der Waals surface area contributed by atoms with Crippen molar-refractivity contribution in [2.24, 2.45) is 11.8 Å². The number of nitrogens with zero attached hydrogens (tertiary/aromatic N) is 3. The fourth-order valence-electron chi connectivity index (χ4n) is 6.12. The number of hydrogen-bond donors (Lipinski definition) is 6. The fourth-order valence-corrected chi connectivity index (χ4v) is 7.94. The average molecular weight is 672 g/mol. The number of carbonyl (C=O) groups is 2. The van der Waals surface area contributed by atoms with Crippen LogP contribution in [0.1, 0.15) is 67.3 Å². The van der Waals surface area contributed by atoms with Crippen molar-refractivity contribution in [1.82, 2.24) is 29.7 Å². The molecule has 4 rings (SSSR count). The van der Waals surface area contributed by atoms with Crippen LogP contribution in [-0.4, -0.2) is 97.0 Å². The molecule has 7 N–H and O–H groups in total. The first kappa shape index (κ1) is 35.9. The first-order chi connectivity index (χ1) is 21.5. The summed E-state index contributed by atoms with van der Waals surface area (Å²) in [5, 5.41) is 28.5. The van der Waals surface area contributed by atoms with Gasteiger partial charge in [0.25, 0.3) is 5.56 Å².